The van der Waals surface area contributed by atoms with E-state index in [1.165, 1.54) is 36.4 Å². The van der Waals surface area contributed by atoms with Crippen molar-refractivity contribution in [3.63, 3.8) is 0 Å². The smallest absolute Gasteiger partial charge is 0.338 e. The van der Waals surface area contributed by atoms with Gasteiger partial charge < -0.3 is 14.8 Å². The third-order valence-electron chi connectivity index (χ3n) is 4.03. The summed E-state index contributed by atoms with van der Waals surface area (Å²) < 4.78 is 9.69. The highest BCUT2D eigenvalue weighted by molar-refractivity contribution is 6.33. The SMILES string of the molecule is CCOC(=O)c1ccc(NC(=O)COC(=O)CCC(=O)NNC(=O)c2ccccc2Cl)cc1. The summed E-state index contributed by atoms with van der Waals surface area (Å²) in [6.07, 6.45) is -0.562. The molecule has 0 spiro atoms. The van der Waals surface area contributed by atoms with Gasteiger partial charge in [-0.15, -0.1) is 0 Å². The second kappa shape index (κ2) is 12.8. The molecule has 174 valence electrons. The maximum atomic E-state index is 11.9. The number of hydrogen-bond donors (Lipinski definition) is 3. The van der Waals surface area contributed by atoms with Crippen LogP contribution in [0, 0.1) is 0 Å². The molecule has 0 aromatic heterocycles. The number of hydrazine groups is 1. The molecule has 0 aliphatic rings. The molecule has 10 nitrogen and oxygen atoms in total. The summed E-state index contributed by atoms with van der Waals surface area (Å²) in [5.41, 5.74) is 5.27. The summed E-state index contributed by atoms with van der Waals surface area (Å²) in [5, 5.41) is 2.73. The molecule has 11 heteroatoms. The number of benzene rings is 2. The van der Waals surface area contributed by atoms with E-state index in [1.807, 2.05) is 0 Å². The number of amides is 3. The predicted molar refractivity (Wildman–Crippen MR) is 118 cm³/mol. The van der Waals surface area contributed by atoms with E-state index in [0.717, 1.165) is 0 Å². The van der Waals surface area contributed by atoms with Gasteiger partial charge in [0.2, 0.25) is 5.91 Å². The average molecular weight is 476 g/mol. The first-order valence-electron chi connectivity index (χ1n) is 9.86. The predicted octanol–water partition coefficient (Wildman–Crippen LogP) is 2.24. The second-order valence-corrected chi connectivity index (χ2v) is 6.90. The molecule has 3 N–H and O–H groups in total. The Hall–Kier alpha value is -3.92. The molecule has 0 radical (unpaired) electrons. The third kappa shape index (κ3) is 8.62. The Bertz CT molecular complexity index is 1020. The maximum absolute atomic E-state index is 11.9. The van der Waals surface area contributed by atoms with Crippen molar-refractivity contribution >= 4 is 46.9 Å². The van der Waals surface area contributed by atoms with Crippen LogP contribution in [0.25, 0.3) is 0 Å². The quantitative estimate of drug-likeness (QED) is 0.373. The van der Waals surface area contributed by atoms with E-state index in [9.17, 15) is 24.0 Å². The molecule has 2 rings (SSSR count). The molecule has 3 amide bonds. The van der Waals surface area contributed by atoms with Crippen molar-refractivity contribution < 1.29 is 33.4 Å². The van der Waals surface area contributed by atoms with E-state index in [0.29, 0.717) is 11.3 Å². The number of rotatable bonds is 9. The first kappa shape index (κ1) is 25.3. The summed E-state index contributed by atoms with van der Waals surface area (Å²) in [6.45, 7) is 1.39. The lowest BCUT2D eigenvalue weighted by Crippen LogP contribution is -2.41. The van der Waals surface area contributed by atoms with Crippen LogP contribution in [0.2, 0.25) is 5.02 Å². The van der Waals surface area contributed by atoms with Crippen LogP contribution in [0.4, 0.5) is 5.69 Å². The molecule has 0 atom stereocenters. The van der Waals surface area contributed by atoms with Crippen molar-refractivity contribution in [3.05, 3.63) is 64.7 Å². The van der Waals surface area contributed by atoms with Gasteiger partial charge in [0.05, 0.1) is 29.2 Å². The summed E-state index contributed by atoms with van der Waals surface area (Å²) in [4.78, 5) is 59.0. The molecule has 0 aliphatic carbocycles. The zero-order valence-electron chi connectivity index (χ0n) is 17.7. The van der Waals surface area contributed by atoms with Crippen molar-refractivity contribution in [1.29, 1.82) is 0 Å². The van der Waals surface area contributed by atoms with E-state index in [2.05, 4.69) is 16.2 Å². The van der Waals surface area contributed by atoms with Gasteiger partial charge >= 0.3 is 11.9 Å². The number of nitrogens with one attached hydrogen (secondary N) is 3. The van der Waals surface area contributed by atoms with Gasteiger partial charge in [-0.05, 0) is 43.3 Å². The Morgan fingerprint density at radius 2 is 1.55 bits per heavy atom. The largest absolute Gasteiger partial charge is 0.462 e. The Morgan fingerprint density at radius 1 is 0.848 bits per heavy atom. The van der Waals surface area contributed by atoms with Gasteiger partial charge in [-0.25, -0.2) is 4.79 Å². The van der Waals surface area contributed by atoms with Crippen LogP contribution in [0.15, 0.2) is 48.5 Å². The molecule has 0 saturated carbocycles. The molecule has 2 aromatic rings. The Morgan fingerprint density at radius 3 is 2.21 bits per heavy atom. The molecule has 0 bridgehead atoms. The third-order valence-corrected chi connectivity index (χ3v) is 4.36. The molecule has 0 unspecified atom stereocenters. The minimum Gasteiger partial charge on any atom is -0.462 e. The average Bonchev–Trinajstić information content (AvgIpc) is 2.80. The zero-order chi connectivity index (χ0) is 24.2. The van der Waals surface area contributed by atoms with Gasteiger partial charge in [-0.1, -0.05) is 23.7 Å². The van der Waals surface area contributed by atoms with E-state index < -0.39 is 36.3 Å². The second-order valence-electron chi connectivity index (χ2n) is 6.49. The van der Waals surface area contributed by atoms with Crippen molar-refractivity contribution in [2.24, 2.45) is 0 Å². The minimum atomic E-state index is -0.768. The fourth-order valence-corrected chi connectivity index (χ4v) is 2.66. The zero-order valence-corrected chi connectivity index (χ0v) is 18.4. The van der Waals surface area contributed by atoms with E-state index in [1.54, 1.807) is 19.1 Å². The molecule has 0 aliphatic heterocycles. The van der Waals surface area contributed by atoms with Crippen LogP contribution >= 0.6 is 11.6 Å². The van der Waals surface area contributed by atoms with Gasteiger partial charge in [-0.3, -0.25) is 30.0 Å². The van der Waals surface area contributed by atoms with Crippen molar-refractivity contribution in [2.45, 2.75) is 19.8 Å². The number of carbonyl (C=O) groups is 5. The van der Waals surface area contributed by atoms with Gasteiger partial charge in [0.1, 0.15) is 0 Å². The normalized spacial score (nSPS) is 10.0. The lowest BCUT2D eigenvalue weighted by atomic mass is 10.2. The molecular weight excluding hydrogens is 454 g/mol. The van der Waals surface area contributed by atoms with Gasteiger partial charge in [0.25, 0.3) is 11.8 Å². The lowest BCUT2D eigenvalue weighted by Gasteiger charge is -2.09. The minimum absolute atomic E-state index is 0.181. The van der Waals surface area contributed by atoms with Crippen molar-refractivity contribution in [2.75, 3.05) is 18.5 Å². The van der Waals surface area contributed by atoms with E-state index in [-0.39, 0.29) is 30.0 Å². The van der Waals surface area contributed by atoms with E-state index in [4.69, 9.17) is 21.1 Å². The number of anilines is 1. The molecule has 0 fully saturated rings. The molecule has 2 aromatic carbocycles. The first-order valence-corrected chi connectivity index (χ1v) is 10.2. The highest BCUT2D eigenvalue weighted by Crippen LogP contribution is 2.14. The summed E-state index contributed by atoms with van der Waals surface area (Å²) >= 11 is 5.89. The van der Waals surface area contributed by atoms with E-state index >= 15 is 0 Å². The molecule has 0 heterocycles. The molecule has 0 saturated heterocycles. The van der Waals surface area contributed by atoms with Crippen LogP contribution in [0.5, 0.6) is 0 Å². The van der Waals surface area contributed by atoms with Crippen LogP contribution in [0.1, 0.15) is 40.5 Å². The number of hydrogen-bond acceptors (Lipinski definition) is 7. The monoisotopic (exact) mass is 475 g/mol. The first-order chi connectivity index (χ1) is 15.8. The number of ether oxygens (including phenoxy) is 2. The van der Waals surface area contributed by atoms with Crippen LogP contribution in [0.3, 0.4) is 0 Å². The Balaban J connectivity index is 1.66. The van der Waals surface area contributed by atoms with Crippen molar-refractivity contribution in [3.8, 4) is 0 Å². The Labute approximate surface area is 194 Å². The number of esters is 2. The van der Waals surface area contributed by atoms with Gasteiger partial charge in [0, 0.05) is 12.1 Å². The molecule has 33 heavy (non-hydrogen) atoms. The summed E-state index contributed by atoms with van der Waals surface area (Å²) in [5.74, 6) is -3.07. The van der Waals surface area contributed by atoms with Gasteiger partial charge in [-0.2, -0.15) is 0 Å². The van der Waals surface area contributed by atoms with Gasteiger partial charge in [0.15, 0.2) is 6.61 Å². The highest BCUT2D eigenvalue weighted by atomic mass is 35.5. The van der Waals surface area contributed by atoms with Crippen LogP contribution < -0.4 is 16.2 Å². The summed E-state index contributed by atoms with van der Waals surface area (Å²) in [7, 11) is 0. The maximum Gasteiger partial charge on any atom is 0.338 e. The standard InChI is InChI=1S/C22H22ClN3O7/c1-2-32-22(31)14-7-9-15(10-8-14)24-19(28)13-33-20(29)12-11-18(27)25-26-21(30)16-5-3-4-6-17(16)23/h3-10H,2,11-13H2,1H3,(H,24,28)(H,25,27)(H,26,30). The topological polar surface area (TPSA) is 140 Å². The number of halogens is 1. The summed E-state index contributed by atoms with van der Waals surface area (Å²) in [6, 6.07) is 12.3. The molecular formula is C22H22ClN3O7. The fraction of sp³-hybridized carbons (Fsp3) is 0.227. The highest BCUT2D eigenvalue weighted by Gasteiger charge is 2.13. The number of carbonyl (C=O) groups excluding carboxylic acids is 5. The Kier molecular flexibility index (Phi) is 9.84. The fourth-order valence-electron chi connectivity index (χ4n) is 2.44. The van der Waals surface area contributed by atoms with Crippen LogP contribution in [-0.2, 0) is 23.9 Å². The van der Waals surface area contributed by atoms with Crippen LogP contribution in [-0.4, -0.2) is 42.9 Å². The lowest BCUT2D eigenvalue weighted by molar-refractivity contribution is -0.148. The van der Waals surface area contributed by atoms with Crippen molar-refractivity contribution in [1.82, 2.24) is 10.9 Å².